The molecule has 0 aliphatic heterocycles. The van der Waals surface area contributed by atoms with Crippen molar-refractivity contribution in [3.05, 3.63) is 29.8 Å². The highest BCUT2D eigenvalue weighted by Crippen LogP contribution is 2.16. The number of rotatable bonds is 7. The van der Waals surface area contributed by atoms with E-state index in [-0.39, 0.29) is 0 Å². The second-order valence-electron chi connectivity index (χ2n) is 4.58. The Labute approximate surface area is 105 Å². The number of aryl methyl sites for hydroxylation is 1. The number of carbonyl (C=O) groups is 1. The Balaban J connectivity index is 2.45. The number of unbranched alkanes of at least 4 members (excludes halogenated alkanes) is 1. The molecule has 0 bridgehead atoms. The van der Waals surface area contributed by atoms with Gasteiger partial charge in [0.1, 0.15) is 5.78 Å². The summed E-state index contributed by atoms with van der Waals surface area (Å²) < 4.78 is 0. The van der Waals surface area contributed by atoms with Crippen LogP contribution >= 0.6 is 0 Å². The Morgan fingerprint density at radius 1 is 1.29 bits per heavy atom. The van der Waals surface area contributed by atoms with Crippen LogP contribution in [0.25, 0.3) is 0 Å². The largest absolute Gasteiger partial charge is 0.372 e. The number of ketones is 1. The molecule has 0 saturated carbocycles. The topological polar surface area (TPSA) is 20.3 Å². The number of hydrogen-bond acceptors (Lipinski definition) is 2. The maximum absolute atomic E-state index is 10.9. The van der Waals surface area contributed by atoms with E-state index in [2.05, 4.69) is 43.0 Å². The molecule has 2 heteroatoms. The van der Waals surface area contributed by atoms with Crippen molar-refractivity contribution >= 4 is 11.5 Å². The number of hydrogen-bond donors (Lipinski definition) is 0. The first kappa shape index (κ1) is 13.8. The molecule has 1 rings (SSSR count). The van der Waals surface area contributed by atoms with Gasteiger partial charge in [0.25, 0.3) is 0 Å². The smallest absolute Gasteiger partial charge is 0.129 e. The third-order valence-corrected chi connectivity index (χ3v) is 2.96. The number of carbonyl (C=O) groups excluding carboxylic acids is 1. The van der Waals surface area contributed by atoms with Crippen LogP contribution in [-0.2, 0) is 4.79 Å². The second kappa shape index (κ2) is 7.10. The Bertz CT molecular complexity index is 360. The van der Waals surface area contributed by atoms with Crippen LogP contribution in [0, 0.1) is 6.92 Å². The van der Waals surface area contributed by atoms with Crippen LogP contribution < -0.4 is 4.90 Å². The summed E-state index contributed by atoms with van der Waals surface area (Å²) in [6.45, 7) is 8.01. The van der Waals surface area contributed by atoms with Gasteiger partial charge in [-0.05, 0) is 51.3 Å². The summed E-state index contributed by atoms with van der Waals surface area (Å²) in [7, 11) is 0. The van der Waals surface area contributed by atoms with E-state index in [4.69, 9.17) is 0 Å². The van der Waals surface area contributed by atoms with Crippen LogP contribution in [0.5, 0.6) is 0 Å². The van der Waals surface area contributed by atoms with Crippen LogP contribution in [-0.4, -0.2) is 18.9 Å². The number of nitrogens with zero attached hydrogens (tertiary/aromatic N) is 1. The molecule has 94 valence electrons. The lowest BCUT2D eigenvalue weighted by molar-refractivity contribution is -0.117. The summed E-state index contributed by atoms with van der Waals surface area (Å²) in [6, 6.07) is 8.59. The molecule has 0 fully saturated rings. The molecule has 0 aromatic heterocycles. The second-order valence-corrected chi connectivity index (χ2v) is 4.58. The molecule has 0 aliphatic rings. The molecule has 0 heterocycles. The van der Waals surface area contributed by atoms with Gasteiger partial charge in [0, 0.05) is 25.2 Å². The lowest BCUT2D eigenvalue weighted by Gasteiger charge is -2.23. The quantitative estimate of drug-likeness (QED) is 0.671. The highest BCUT2D eigenvalue weighted by molar-refractivity contribution is 5.75. The third-order valence-electron chi connectivity index (χ3n) is 2.96. The SMILES string of the molecule is CCN(CCCCC(C)=O)c1cccc(C)c1. The maximum Gasteiger partial charge on any atom is 0.129 e. The van der Waals surface area contributed by atoms with Crippen molar-refractivity contribution in [1.29, 1.82) is 0 Å². The molecular weight excluding hydrogens is 210 g/mol. The van der Waals surface area contributed by atoms with Gasteiger partial charge < -0.3 is 9.69 Å². The zero-order valence-electron chi connectivity index (χ0n) is 11.2. The van der Waals surface area contributed by atoms with Gasteiger partial charge in [-0.1, -0.05) is 12.1 Å². The number of Topliss-reactive ketones (excluding diaryl/α,β-unsaturated/α-hetero) is 1. The summed E-state index contributed by atoms with van der Waals surface area (Å²) in [5, 5.41) is 0. The summed E-state index contributed by atoms with van der Waals surface area (Å²) in [4.78, 5) is 13.2. The van der Waals surface area contributed by atoms with Crippen LogP contribution in [0.4, 0.5) is 5.69 Å². The zero-order chi connectivity index (χ0) is 12.7. The molecule has 0 atom stereocenters. The van der Waals surface area contributed by atoms with E-state index in [1.807, 2.05) is 0 Å². The van der Waals surface area contributed by atoms with Crippen LogP contribution in [0.1, 0.15) is 38.7 Å². The Morgan fingerprint density at radius 2 is 2.06 bits per heavy atom. The van der Waals surface area contributed by atoms with Gasteiger partial charge in [-0.2, -0.15) is 0 Å². The lowest BCUT2D eigenvalue weighted by atomic mass is 10.1. The van der Waals surface area contributed by atoms with Crippen molar-refractivity contribution in [2.45, 2.75) is 40.0 Å². The zero-order valence-corrected chi connectivity index (χ0v) is 11.2. The van der Waals surface area contributed by atoms with Gasteiger partial charge in [0.15, 0.2) is 0 Å². The molecule has 0 amide bonds. The van der Waals surface area contributed by atoms with Gasteiger partial charge in [-0.25, -0.2) is 0 Å². The Morgan fingerprint density at radius 3 is 2.65 bits per heavy atom. The molecule has 0 aliphatic carbocycles. The molecule has 1 aromatic carbocycles. The van der Waals surface area contributed by atoms with Gasteiger partial charge in [-0.3, -0.25) is 0 Å². The summed E-state index contributed by atoms with van der Waals surface area (Å²) in [5.74, 6) is 0.295. The van der Waals surface area contributed by atoms with Gasteiger partial charge in [0.2, 0.25) is 0 Å². The Kier molecular flexibility index (Phi) is 5.75. The van der Waals surface area contributed by atoms with Crippen molar-refractivity contribution in [3.63, 3.8) is 0 Å². The summed E-state index contributed by atoms with van der Waals surface area (Å²) in [5.41, 5.74) is 2.58. The monoisotopic (exact) mass is 233 g/mol. The van der Waals surface area contributed by atoms with E-state index in [1.165, 1.54) is 11.3 Å². The average molecular weight is 233 g/mol. The first-order valence-corrected chi connectivity index (χ1v) is 6.44. The predicted octanol–water partition coefficient (Wildman–Crippen LogP) is 3.58. The number of anilines is 1. The van der Waals surface area contributed by atoms with Crippen molar-refractivity contribution in [2.24, 2.45) is 0 Å². The lowest BCUT2D eigenvalue weighted by Crippen LogP contribution is -2.23. The maximum atomic E-state index is 10.9. The first-order valence-electron chi connectivity index (χ1n) is 6.44. The van der Waals surface area contributed by atoms with Crippen LogP contribution in [0.2, 0.25) is 0 Å². The standard InChI is InChI=1S/C15H23NO/c1-4-16(11-6-5-9-14(3)17)15-10-7-8-13(2)12-15/h7-8,10,12H,4-6,9,11H2,1-3H3. The molecule has 2 nitrogen and oxygen atoms in total. The van der Waals surface area contributed by atoms with Crippen molar-refractivity contribution in [2.75, 3.05) is 18.0 Å². The fourth-order valence-corrected chi connectivity index (χ4v) is 1.97. The minimum Gasteiger partial charge on any atom is -0.372 e. The van der Waals surface area contributed by atoms with Gasteiger partial charge in [0.05, 0.1) is 0 Å². The van der Waals surface area contributed by atoms with Crippen molar-refractivity contribution in [3.8, 4) is 0 Å². The average Bonchev–Trinajstić information content (AvgIpc) is 2.29. The van der Waals surface area contributed by atoms with E-state index in [9.17, 15) is 4.79 Å². The van der Waals surface area contributed by atoms with E-state index >= 15 is 0 Å². The van der Waals surface area contributed by atoms with Crippen LogP contribution in [0.15, 0.2) is 24.3 Å². The third kappa shape index (κ3) is 5.03. The predicted molar refractivity (Wildman–Crippen MR) is 73.6 cm³/mol. The van der Waals surface area contributed by atoms with E-state index in [1.54, 1.807) is 6.92 Å². The molecule has 0 radical (unpaired) electrons. The Hall–Kier alpha value is -1.31. The van der Waals surface area contributed by atoms with E-state index in [0.29, 0.717) is 12.2 Å². The van der Waals surface area contributed by atoms with Gasteiger partial charge >= 0.3 is 0 Å². The molecular formula is C15H23NO. The fraction of sp³-hybridized carbons (Fsp3) is 0.533. The first-order chi connectivity index (χ1) is 8.13. The molecule has 0 N–H and O–H groups in total. The molecule has 0 unspecified atom stereocenters. The number of benzene rings is 1. The molecule has 0 spiro atoms. The molecule has 17 heavy (non-hydrogen) atoms. The summed E-state index contributed by atoms with van der Waals surface area (Å²) in [6.07, 6.45) is 2.80. The van der Waals surface area contributed by atoms with Crippen molar-refractivity contribution in [1.82, 2.24) is 0 Å². The van der Waals surface area contributed by atoms with Gasteiger partial charge in [-0.15, -0.1) is 0 Å². The van der Waals surface area contributed by atoms with E-state index in [0.717, 1.165) is 25.9 Å². The fourth-order valence-electron chi connectivity index (χ4n) is 1.97. The molecule has 1 aromatic rings. The van der Waals surface area contributed by atoms with Crippen LogP contribution in [0.3, 0.4) is 0 Å². The molecule has 0 saturated heterocycles. The van der Waals surface area contributed by atoms with E-state index < -0.39 is 0 Å². The normalized spacial score (nSPS) is 10.3. The minimum atomic E-state index is 0.295. The highest BCUT2D eigenvalue weighted by Gasteiger charge is 2.04. The highest BCUT2D eigenvalue weighted by atomic mass is 16.1. The van der Waals surface area contributed by atoms with Crippen molar-refractivity contribution < 1.29 is 4.79 Å². The summed E-state index contributed by atoms with van der Waals surface area (Å²) >= 11 is 0. The minimum absolute atomic E-state index is 0.295.